The molecule has 2 aromatic rings. The van der Waals surface area contributed by atoms with Crippen molar-refractivity contribution >= 4 is 47.4 Å². The number of thioether (sulfide) groups is 1. The minimum atomic E-state index is 0. The van der Waals surface area contributed by atoms with Crippen molar-refractivity contribution in [3.8, 4) is 0 Å². The van der Waals surface area contributed by atoms with Crippen molar-refractivity contribution in [1.29, 1.82) is 0 Å². The maximum atomic E-state index is 5.89. The molecule has 5 heteroatoms. The fourth-order valence-corrected chi connectivity index (χ4v) is 2.23. The summed E-state index contributed by atoms with van der Waals surface area (Å²) in [5.41, 5.74) is 9.20. The lowest BCUT2D eigenvalue weighted by Gasteiger charge is -2.06. The Morgan fingerprint density at radius 2 is 1.90 bits per heavy atom. The van der Waals surface area contributed by atoms with Crippen LogP contribution in [0, 0.1) is 6.92 Å². The van der Waals surface area contributed by atoms with Crippen molar-refractivity contribution in [1.82, 2.24) is 0 Å². The fourth-order valence-electron chi connectivity index (χ4n) is 1.82. The molecule has 0 saturated heterocycles. The number of halogens is 1. The molecule has 3 nitrogen and oxygen atoms in total. The molecule has 2 rings (SSSR count). The number of anilines is 1. The average Bonchev–Trinajstić information content (AvgIpc) is 2.46. The molecule has 0 amide bonds. The Hall–Kier alpha value is -1.21. The van der Waals surface area contributed by atoms with Crippen molar-refractivity contribution < 1.29 is 0 Å². The summed E-state index contributed by atoms with van der Waals surface area (Å²) < 4.78 is 0. The zero-order chi connectivity index (χ0) is 14.4. The minimum Gasteiger partial charge on any atom is -0.370 e. The van der Waals surface area contributed by atoms with Gasteiger partial charge in [-0.2, -0.15) is 0 Å². The molecule has 0 aromatic heterocycles. The lowest BCUT2D eigenvalue weighted by atomic mass is 10.2. The van der Waals surface area contributed by atoms with Gasteiger partial charge in [-0.3, -0.25) is 0 Å². The van der Waals surface area contributed by atoms with Crippen LogP contribution in [0.25, 0.3) is 0 Å². The molecule has 112 valence electrons. The van der Waals surface area contributed by atoms with Gasteiger partial charge in [0.05, 0.1) is 6.54 Å². The van der Waals surface area contributed by atoms with Crippen LogP contribution in [0.15, 0.2) is 58.4 Å². The first-order valence-electron chi connectivity index (χ1n) is 6.44. The summed E-state index contributed by atoms with van der Waals surface area (Å²) in [6.07, 6.45) is 2.07. The summed E-state index contributed by atoms with van der Waals surface area (Å²) in [5, 5.41) is 3.10. The van der Waals surface area contributed by atoms with E-state index in [1.807, 2.05) is 31.2 Å². The third-order valence-electron chi connectivity index (χ3n) is 2.88. The summed E-state index contributed by atoms with van der Waals surface area (Å²) in [5.74, 6) is 0.435. The third kappa shape index (κ3) is 5.97. The van der Waals surface area contributed by atoms with E-state index < -0.39 is 0 Å². The Labute approximate surface area is 147 Å². The molecular weight excluding hydrogens is 393 g/mol. The van der Waals surface area contributed by atoms with Crippen LogP contribution in [0.3, 0.4) is 0 Å². The highest BCUT2D eigenvalue weighted by molar-refractivity contribution is 14.0. The molecule has 0 aliphatic heterocycles. The van der Waals surface area contributed by atoms with Crippen molar-refractivity contribution in [2.45, 2.75) is 18.4 Å². The van der Waals surface area contributed by atoms with E-state index in [2.05, 4.69) is 40.8 Å². The molecule has 0 radical (unpaired) electrons. The van der Waals surface area contributed by atoms with E-state index >= 15 is 0 Å². The largest absolute Gasteiger partial charge is 0.370 e. The number of benzene rings is 2. The molecule has 0 spiro atoms. The van der Waals surface area contributed by atoms with Crippen molar-refractivity contribution in [2.24, 2.45) is 10.7 Å². The van der Waals surface area contributed by atoms with Crippen molar-refractivity contribution in [2.75, 3.05) is 11.6 Å². The zero-order valence-corrected chi connectivity index (χ0v) is 15.3. The van der Waals surface area contributed by atoms with E-state index in [1.165, 1.54) is 10.5 Å². The molecular formula is C16H20IN3S. The Kier molecular flexibility index (Phi) is 7.60. The second kappa shape index (κ2) is 8.94. The third-order valence-corrected chi connectivity index (χ3v) is 3.63. The fraction of sp³-hybridized carbons (Fsp3) is 0.188. The molecule has 0 heterocycles. The Morgan fingerprint density at radius 3 is 2.52 bits per heavy atom. The smallest absolute Gasteiger partial charge is 0.193 e. The second-order valence-corrected chi connectivity index (χ2v) is 5.42. The normalized spacial score (nSPS) is 10.9. The summed E-state index contributed by atoms with van der Waals surface area (Å²) in [7, 11) is 0. The Bertz CT molecular complexity index is 597. The molecule has 0 saturated carbocycles. The quantitative estimate of drug-likeness (QED) is 0.341. The lowest BCUT2D eigenvalue weighted by Crippen LogP contribution is -2.22. The first-order valence-corrected chi connectivity index (χ1v) is 7.66. The minimum absolute atomic E-state index is 0. The summed E-state index contributed by atoms with van der Waals surface area (Å²) >= 11 is 1.73. The van der Waals surface area contributed by atoms with E-state index in [9.17, 15) is 0 Å². The van der Waals surface area contributed by atoms with Gasteiger partial charge in [0.2, 0.25) is 0 Å². The Morgan fingerprint density at radius 1 is 1.19 bits per heavy atom. The number of hydrogen-bond acceptors (Lipinski definition) is 2. The standard InChI is InChI=1S/C16H19N3S.HI/c1-12-4-3-5-14(10-12)19-16(17)18-11-13-6-8-15(20-2)9-7-13;/h3-10H,11H2,1-2H3,(H3,17,18,19);1H. The monoisotopic (exact) mass is 413 g/mol. The van der Waals surface area contributed by atoms with Gasteiger partial charge >= 0.3 is 0 Å². The number of nitrogens with one attached hydrogen (secondary N) is 1. The molecule has 0 unspecified atom stereocenters. The predicted molar refractivity (Wildman–Crippen MR) is 104 cm³/mol. The summed E-state index contributed by atoms with van der Waals surface area (Å²) in [4.78, 5) is 5.60. The van der Waals surface area contributed by atoms with Crippen LogP contribution in [0.4, 0.5) is 5.69 Å². The van der Waals surface area contributed by atoms with Gasteiger partial charge in [-0.1, -0.05) is 24.3 Å². The summed E-state index contributed by atoms with van der Waals surface area (Å²) in [6.45, 7) is 2.63. The highest BCUT2D eigenvalue weighted by atomic mass is 127. The second-order valence-electron chi connectivity index (χ2n) is 4.54. The van der Waals surface area contributed by atoms with Crippen LogP contribution >= 0.6 is 35.7 Å². The van der Waals surface area contributed by atoms with E-state index in [4.69, 9.17) is 5.73 Å². The zero-order valence-electron chi connectivity index (χ0n) is 12.2. The van der Waals surface area contributed by atoms with Gasteiger partial charge in [-0.25, -0.2) is 4.99 Å². The van der Waals surface area contributed by atoms with Gasteiger partial charge in [-0.15, -0.1) is 35.7 Å². The van der Waals surface area contributed by atoms with Crippen LogP contribution in [0.2, 0.25) is 0 Å². The van der Waals surface area contributed by atoms with E-state index in [0.29, 0.717) is 12.5 Å². The maximum Gasteiger partial charge on any atom is 0.193 e. The van der Waals surface area contributed by atoms with E-state index in [-0.39, 0.29) is 24.0 Å². The van der Waals surface area contributed by atoms with Gasteiger partial charge in [-0.05, 0) is 48.6 Å². The van der Waals surface area contributed by atoms with Crippen molar-refractivity contribution in [3.05, 3.63) is 59.7 Å². The molecule has 21 heavy (non-hydrogen) atoms. The summed E-state index contributed by atoms with van der Waals surface area (Å²) in [6, 6.07) is 16.4. The van der Waals surface area contributed by atoms with Crippen LogP contribution < -0.4 is 11.1 Å². The number of rotatable bonds is 4. The molecule has 0 bridgehead atoms. The van der Waals surface area contributed by atoms with E-state index in [1.54, 1.807) is 11.8 Å². The lowest BCUT2D eigenvalue weighted by molar-refractivity contribution is 1.05. The number of hydrogen-bond donors (Lipinski definition) is 2. The number of aliphatic imine (C=N–C) groups is 1. The molecule has 0 aliphatic carbocycles. The molecule has 2 aromatic carbocycles. The number of aryl methyl sites for hydroxylation is 1. The van der Waals surface area contributed by atoms with Crippen molar-refractivity contribution in [3.63, 3.8) is 0 Å². The first kappa shape index (κ1) is 17.8. The molecule has 0 aliphatic rings. The SMILES string of the molecule is CSc1ccc(CN=C(N)Nc2cccc(C)c2)cc1.I. The van der Waals surface area contributed by atoms with Crippen LogP contribution in [0.1, 0.15) is 11.1 Å². The molecule has 3 N–H and O–H groups in total. The first-order chi connectivity index (χ1) is 9.67. The number of guanidine groups is 1. The highest BCUT2D eigenvalue weighted by Gasteiger charge is 1.96. The van der Waals surface area contributed by atoms with Gasteiger partial charge in [0.25, 0.3) is 0 Å². The van der Waals surface area contributed by atoms with Gasteiger partial charge in [0.1, 0.15) is 0 Å². The predicted octanol–water partition coefficient (Wildman–Crippen LogP) is 4.26. The van der Waals surface area contributed by atoms with Gasteiger partial charge in [0, 0.05) is 10.6 Å². The average molecular weight is 413 g/mol. The van der Waals surface area contributed by atoms with Gasteiger partial charge in [0.15, 0.2) is 5.96 Å². The number of nitrogens with zero attached hydrogens (tertiary/aromatic N) is 1. The van der Waals surface area contributed by atoms with Crippen LogP contribution in [0.5, 0.6) is 0 Å². The maximum absolute atomic E-state index is 5.89. The Balaban J connectivity index is 0.00000220. The van der Waals surface area contributed by atoms with Crippen LogP contribution in [-0.4, -0.2) is 12.2 Å². The highest BCUT2D eigenvalue weighted by Crippen LogP contribution is 2.15. The topological polar surface area (TPSA) is 50.4 Å². The molecule has 0 atom stereocenters. The van der Waals surface area contributed by atoms with Gasteiger partial charge < -0.3 is 11.1 Å². The van der Waals surface area contributed by atoms with E-state index in [0.717, 1.165) is 11.3 Å². The molecule has 0 fully saturated rings. The van der Waals surface area contributed by atoms with Crippen LogP contribution in [-0.2, 0) is 6.54 Å². The number of nitrogens with two attached hydrogens (primary N) is 1.